The first-order valence-electron chi connectivity index (χ1n) is 7.38. The van der Waals surface area contributed by atoms with E-state index in [1.807, 2.05) is 52.0 Å². The van der Waals surface area contributed by atoms with Gasteiger partial charge >= 0.3 is 7.12 Å². The number of hydrogen-bond donors (Lipinski definition) is 0. The third kappa shape index (κ3) is 2.42. The fourth-order valence-electron chi connectivity index (χ4n) is 2.66. The Morgan fingerprint density at radius 3 is 2.14 bits per heavy atom. The van der Waals surface area contributed by atoms with Crippen LogP contribution in [0.3, 0.4) is 0 Å². The Morgan fingerprint density at radius 2 is 1.55 bits per heavy atom. The molecule has 0 radical (unpaired) electrons. The fraction of sp³-hybridized carbons (Fsp3) is 0.412. The van der Waals surface area contributed by atoms with E-state index in [4.69, 9.17) is 9.31 Å². The molecule has 2 nitrogen and oxygen atoms in total. The lowest BCUT2D eigenvalue weighted by molar-refractivity contribution is 0.00578. The summed E-state index contributed by atoms with van der Waals surface area (Å²) in [5, 5.41) is 1.65. The largest absolute Gasteiger partial charge is 0.495 e. The Bertz CT molecular complexity index is 697. The van der Waals surface area contributed by atoms with Gasteiger partial charge in [-0.1, -0.05) is 30.3 Å². The maximum Gasteiger partial charge on any atom is 0.495 e. The molecule has 1 saturated heterocycles. The number of halogens is 2. The lowest BCUT2D eigenvalue weighted by Crippen LogP contribution is -2.41. The van der Waals surface area contributed by atoms with E-state index in [1.165, 1.54) is 12.1 Å². The van der Waals surface area contributed by atoms with E-state index in [0.29, 0.717) is 5.46 Å². The number of rotatable bonds is 2. The summed E-state index contributed by atoms with van der Waals surface area (Å²) < 4.78 is 38.4. The van der Waals surface area contributed by atoms with Gasteiger partial charge in [-0.25, -0.2) is 8.78 Å². The van der Waals surface area contributed by atoms with Crippen LogP contribution in [-0.2, 0) is 9.31 Å². The number of alkyl halides is 2. The van der Waals surface area contributed by atoms with Gasteiger partial charge in [-0.2, -0.15) is 0 Å². The minimum absolute atomic E-state index is 0.0107. The van der Waals surface area contributed by atoms with Gasteiger partial charge in [0.1, 0.15) is 0 Å². The molecule has 2 aromatic rings. The summed E-state index contributed by atoms with van der Waals surface area (Å²) in [7, 11) is -0.645. The number of hydrogen-bond acceptors (Lipinski definition) is 2. The van der Waals surface area contributed by atoms with Crippen LogP contribution in [0.5, 0.6) is 0 Å². The van der Waals surface area contributed by atoms with Crippen molar-refractivity contribution in [1.82, 2.24) is 0 Å². The molecule has 0 aliphatic carbocycles. The molecule has 0 N–H and O–H groups in total. The minimum Gasteiger partial charge on any atom is -0.399 e. The third-order valence-electron chi connectivity index (χ3n) is 4.68. The molecule has 116 valence electrons. The molecule has 2 aromatic carbocycles. The van der Waals surface area contributed by atoms with E-state index < -0.39 is 24.7 Å². The summed E-state index contributed by atoms with van der Waals surface area (Å²) in [6.45, 7) is 7.80. The molecule has 0 bridgehead atoms. The van der Waals surface area contributed by atoms with Gasteiger partial charge in [0, 0.05) is 5.56 Å². The van der Waals surface area contributed by atoms with Crippen molar-refractivity contribution < 1.29 is 18.1 Å². The van der Waals surface area contributed by atoms with Gasteiger partial charge < -0.3 is 9.31 Å². The number of fused-ring (bicyclic) bond motifs is 1. The van der Waals surface area contributed by atoms with Crippen LogP contribution in [0.15, 0.2) is 36.4 Å². The van der Waals surface area contributed by atoms with Crippen molar-refractivity contribution in [2.24, 2.45) is 0 Å². The topological polar surface area (TPSA) is 18.5 Å². The summed E-state index contributed by atoms with van der Waals surface area (Å²) in [6, 6.07) is 10.5. The zero-order valence-corrected chi connectivity index (χ0v) is 13.2. The lowest BCUT2D eigenvalue weighted by atomic mass is 9.75. The maximum absolute atomic E-state index is 13.2. The van der Waals surface area contributed by atoms with Crippen molar-refractivity contribution in [3.05, 3.63) is 42.0 Å². The van der Waals surface area contributed by atoms with Crippen LogP contribution in [0.25, 0.3) is 10.8 Å². The summed E-state index contributed by atoms with van der Waals surface area (Å²) in [6.07, 6.45) is -2.52. The summed E-state index contributed by atoms with van der Waals surface area (Å²) in [4.78, 5) is 0. The molecule has 0 unspecified atom stereocenters. The first kappa shape index (κ1) is 15.4. The molecule has 0 amide bonds. The van der Waals surface area contributed by atoms with E-state index in [9.17, 15) is 8.78 Å². The average Bonchev–Trinajstić information content (AvgIpc) is 2.66. The number of benzene rings is 2. The highest BCUT2D eigenvalue weighted by molar-refractivity contribution is 6.65. The van der Waals surface area contributed by atoms with Crippen molar-refractivity contribution in [2.75, 3.05) is 0 Å². The standard InChI is InChI=1S/C17H19BF2O2/c1-16(2)17(3,4)22-18(21-16)14-10-12(15(19)20)9-11-7-5-6-8-13(11)14/h5-10,15H,1-4H3. The summed E-state index contributed by atoms with van der Waals surface area (Å²) >= 11 is 0. The second-order valence-corrected chi connectivity index (χ2v) is 6.72. The maximum atomic E-state index is 13.2. The molecule has 3 rings (SSSR count). The monoisotopic (exact) mass is 304 g/mol. The highest BCUT2D eigenvalue weighted by Crippen LogP contribution is 2.37. The second kappa shape index (κ2) is 5.03. The van der Waals surface area contributed by atoms with Gasteiger partial charge in [0.25, 0.3) is 6.43 Å². The van der Waals surface area contributed by atoms with E-state index >= 15 is 0 Å². The molecule has 0 saturated carbocycles. The molecular weight excluding hydrogens is 285 g/mol. The molecule has 5 heteroatoms. The average molecular weight is 304 g/mol. The van der Waals surface area contributed by atoms with Crippen LogP contribution < -0.4 is 5.46 Å². The molecular formula is C17H19BF2O2. The SMILES string of the molecule is CC1(C)OB(c2cc(C(F)F)cc3ccccc23)OC1(C)C. The zero-order valence-electron chi connectivity index (χ0n) is 13.2. The van der Waals surface area contributed by atoms with Crippen molar-refractivity contribution in [1.29, 1.82) is 0 Å². The zero-order chi connectivity index (χ0) is 16.1. The molecule has 1 aliphatic rings. The van der Waals surface area contributed by atoms with Crippen molar-refractivity contribution >= 4 is 23.4 Å². The van der Waals surface area contributed by atoms with Crippen LogP contribution in [0.4, 0.5) is 8.78 Å². The highest BCUT2D eigenvalue weighted by atomic mass is 19.3. The normalized spacial score (nSPS) is 20.0. The molecule has 22 heavy (non-hydrogen) atoms. The van der Waals surface area contributed by atoms with Gasteiger partial charge in [0.15, 0.2) is 0 Å². The third-order valence-corrected chi connectivity index (χ3v) is 4.68. The van der Waals surface area contributed by atoms with Crippen LogP contribution in [-0.4, -0.2) is 18.3 Å². The van der Waals surface area contributed by atoms with Gasteiger partial charge in [-0.3, -0.25) is 0 Å². The highest BCUT2D eigenvalue weighted by Gasteiger charge is 2.52. The quantitative estimate of drug-likeness (QED) is 0.778. The predicted octanol–water partition coefficient (Wildman–Crippen LogP) is 4.08. The Balaban J connectivity index is 2.14. The summed E-state index contributed by atoms with van der Waals surface area (Å²) in [5.74, 6) is 0. The van der Waals surface area contributed by atoms with Gasteiger partial charge in [-0.05, 0) is 50.0 Å². The lowest BCUT2D eigenvalue weighted by Gasteiger charge is -2.32. The molecule has 1 aliphatic heterocycles. The van der Waals surface area contributed by atoms with Crippen LogP contribution in [0, 0.1) is 0 Å². The Hall–Kier alpha value is -1.46. The minimum atomic E-state index is -2.52. The van der Waals surface area contributed by atoms with Gasteiger partial charge in [0.05, 0.1) is 11.2 Å². The second-order valence-electron chi connectivity index (χ2n) is 6.72. The molecule has 1 heterocycles. The van der Waals surface area contributed by atoms with E-state index in [1.54, 1.807) is 0 Å². The Morgan fingerprint density at radius 1 is 0.955 bits per heavy atom. The fourth-order valence-corrected chi connectivity index (χ4v) is 2.66. The van der Waals surface area contributed by atoms with Crippen molar-refractivity contribution in [2.45, 2.75) is 45.3 Å². The molecule has 0 aromatic heterocycles. The van der Waals surface area contributed by atoms with Crippen molar-refractivity contribution in [3.8, 4) is 0 Å². The first-order valence-corrected chi connectivity index (χ1v) is 7.38. The van der Waals surface area contributed by atoms with E-state index in [0.717, 1.165) is 10.8 Å². The van der Waals surface area contributed by atoms with Crippen LogP contribution in [0.1, 0.15) is 39.7 Å². The molecule has 0 atom stereocenters. The van der Waals surface area contributed by atoms with Gasteiger partial charge in [0.2, 0.25) is 0 Å². The van der Waals surface area contributed by atoms with E-state index in [-0.39, 0.29) is 5.56 Å². The first-order chi connectivity index (χ1) is 10.2. The van der Waals surface area contributed by atoms with Crippen LogP contribution in [0.2, 0.25) is 0 Å². The predicted molar refractivity (Wildman–Crippen MR) is 84.6 cm³/mol. The summed E-state index contributed by atoms with van der Waals surface area (Å²) in [5.41, 5.74) is -0.352. The molecule has 0 spiro atoms. The van der Waals surface area contributed by atoms with Crippen molar-refractivity contribution in [3.63, 3.8) is 0 Å². The smallest absolute Gasteiger partial charge is 0.399 e. The molecule has 1 fully saturated rings. The van der Waals surface area contributed by atoms with Gasteiger partial charge in [-0.15, -0.1) is 0 Å². The van der Waals surface area contributed by atoms with Crippen LogP contribution >= 0.6 is 0 Å². The Kier molecular flexibility index (Phi) is 3.53. The van der Waals surface area contributed by atoms with E-state index in [2.05, 4.69) is 0 Å². The Labute approximate surface area is 129 Å².